The van der Waals surface area contributed by atoms with Crippen molar-refractivity contribution in [2.24, 2.45) is 5.92 Å². The van der Waals surface area contributed by atoms with Gasteiger partial charge in [0, 0.05) is 25.6 Å². The third-order valence-electron chi connectivity index (χ3n) is 5.61. The number of hydrogen-bond donors (Lipinski definition) is 1. The lowest BCUT2D eigenvalue weighted by Gasteiger charge is -2.37. The van der Waals surface area contributed by atoms with E-state index in [0.717, 1.165) is 50.4 Å². The molecule has 0 aromatic carbocycles. The van der Waals surface area contributed by atoms with Crippen LogP contribution in [0.5, 0.6) is 0 Å². The Morgan fingerprint density at radius 1 is 1.19 bits per heavy atom. The molecule has 2 aliphatic heterocycles. The number of fused-ring (bicyclic) bond motifs is 1. The zero-order valence-corrected chi connectivity index (χ0v) is 18.0. The largest absolute Gasteiger partial charge is 0.490 e. The molecule has 3 fully saturated rings. The summed E-state index contributed by atoms with van der Waals surface area (Å²) < 4.78 is 70.2. The molecule has 1 aromatic rings. The van der Waals surface area contributed by atoms with Gasteiger partial charge in [0.2, 0.25) is 10.0 Å². The quantitative estimate of drug-likeness (QED) is 0.723. The predicted octanol–water partition coefficient (Wildman–Crippen LogP) is 2.24. The van der Waals surface area contributed by atoms with E-state index in [1.54, 1.807) is 4.31 Å². The fourth-order valence-electron chi connectivity index (χ4n) is 3.83. The topological polar surface area (TPSA) is 100 Å². The molecule has 176 valence electrons. The molecule has 8 nitrogen and oxygen atoms in total. The molecule has 12 heteroatoms. The Morgan fingerprint density at radius 3 is 2.42 bits per heavy atom. The Morgan fingerprint density at radius 2 is 1.87 bits per heavy atom. The minimum atomic E-state index is -5.08. The third-order valence-corrected chi connectivity index (χ3v) is 7.98. The first-order valence-corrected chi connectivity index (χ1v) is 11.7. The van der Waals surface area contributed by atoms with E-state index in [1.807, 2.05) is 19.1 Å². The Labute approximate surface area is 179 Å². The highest BCUT2D eigenvalue weighted by atomic mass is 32.2. The lowest BCUT2D eigenvalue weighted by molar-refractivity contribution is -0.192. The molecule has 0 bridgehead atoms. The number of carboxylic acids is 1. The first-order chi connectivity index (χ1) is 14.5. The highest BCUT2D eigenvalue weighted by Crippen LogP contribution is 2.33. The van der Waals surface area contributed by atoms with E-state index in [-0.39, 0.29) is 11.4 Å². The molecular formula is C19H27F3N2O6S. The van der Waals surface area contributed by atoms with Crippen molar-refractivity contribution in [1.29, 1.82) is 0 Å². The van der Waals surface area contributed by atoms with Crippen LogP contribution in [0.3, 0.4) is 0 Å². The summed E-state index contributed by atoms with van der Waals surface area (Å²) in [5.41, 5.74) is 0. The van der Waals surface area contributed by atoms with Crippen LogP contribution in [0.1, 0.15) is 30.8 Å². The van der Waals surface area contributed by atoms with Crippen LogP contribution in [0, 0.1) is 12.8 Å². The third kappa shape index (κ3) is 6.43. The summed E-state index contributed by atoms with van der Waals surface area (Å²) >= 11 is 0. The summed E-state index contributed by atoms with van der Waals surface area (Å²) in [7, 11) is -3.10. The highest BCUT2D eigenvalue weighted by Gasteiger charge is 2.43. The van der Waals surface area contributed by atoms with Crippen molar-refractivity contribution in [3.05, 3.63) is 23.7 Å². The number of sulfonamides is 1. The van der Waals surface area contributed by atoms with Gasteiger partial charge in [-0.3, -0.25) is 4.90 Å². The van der Waals surface area contributed by atoms with Crippen molar-refractivity contribution in [2.45, 2.75) is 50.3 Å². The van der Waals surface area contributed by atoms with Crippen LogP contribution >= 0.6 is 0 Å². The first-order valence-electron chi connectivity index (χ1n) is 10.1. The van der Waals surface area contributed by atoms with Crippen molar-refractivity contribution in [2.75, 3.05) is 32.8 Å². The van der Waals surface area contributed by atoms with Gasteiger partial charge in [-0.1, -0.05) is 0 Å². The lowest BCUT2D eigenvalue weighted by atomic mass is 9.93. The molecule has 0 spiro atoms. The van der Waals surface area contributed by atoms with Gasteiger partial charge < -0.3 is 14.3 Å². The van der Waals surface area contributed by atoms with Crippen LogP contribution in [0.2, 0.25) is 0 Å². The van der Waals surface area contributed by atoms with Crippen molar-refractivity contribution >= 4 is 16.0 Å². The average molecular weight is 468 g/mol. The number of likely N-dealkylation sites (tertiary alicyclic amines) is 1. The van der Waals surface area contributed by atoms with Crippen molar-refractivity contribution < 1.29 is 40.6 Å². The number of nitrogens with zero attached hydrogens (tertiary/aromatic N) is 2. The minimum absolute atomic E-state index is 0.120. The highest BCUT2D eigenvalue weighted by molar-refractivity contribution is 7.90. The molecule has 31 heavy (non-hydrogen) atoms. The fraction of sp³-hybridized carbons (Fsp3) is 0.737. The summed E-state index contributed by atoms with van der Waals surface area (Å²) in [6, 6.07) is 4.02. The van der Waals surface area contributed by atoms with E-state index in [0.29, 0.717) is 25.6 Å². The molecule has 1 aromatic heterocycles. The van der Waals surface area contributed by atoms with Crippen molar-refractivity contribution in [1.82, 2.24) is 9.21 Å². The monoisotopic (exact) mass is 468 g/mol. The van der Waals surface area contributed by atoms with Gasteiger partial charge >= 0.3 is 12.1 Å². The second kappa shape index (κ2) is 9.47. The van der Waals surface area contributed by atoms with Gasteiger partial charge in [-0.25, -0.2) is 13.2 Å². The van der Waals surface area contributed by atoms with Gasteiger partial charge in [0.1, 0.15) is 11.5 Å². The molecule has 1 N–H and O–H groups in total. The molecule has 0 radical (unpaired) electrons. The number of furan rings is 1. The molecule has 3 aliphatic rings. The van der Waals surface area contributed by atoms with Gasteiger partial charge in [-0.2, -0.15) is 17.5 Å². The number of rotatable bonds is 4. The van der Waals surface area contributed by atoms with Gasteiger partial charge in [-0.15, -0.1) is 0 Å². The standard InChI is InChI=1S/C17H26N2O4S.C2HF3O2/c1-13-2-3-15(23-13)11-18-7-6-14-10-19(8-9-22-17(14)12-18)24(20,21)16-4-5-16;3-2(4,5)1(6)7/h2-3,14,16-17H,4-12H2,1H3;(H,6,7)/t14-,17-;/m1./s1. The number of carboxylic acid groups (broad SMARTS) is 1. The summed E-state index contributed by atoms with van der Waals surface area (Å²) in [5.74, 6) is -0.535. The van der Waals surface area contributed by atoms with Crippen molar-refractivity contribution in [3.63, 3.8) is 0 Å². The normalized spacial score (nSPS) is 25.8. The molecule has 2 atom stereocenters. The number of alkyl halides is 3. The summed E-state index contributed by atoms with van der Waals surface area (Å²) in [4.78, 5) is 11.2. The van der Waals surface area contributed by atoms with E-state index in [1.165, 1.54) is 0 Å². The molecule has 4 rings (SSSR count). The number of aryl methyl sites for hydroxylation is 1. The van der Waals surface area contributed by atoms with Crippen LogP contribution in [0.4, 0.5) is 13.2 Å². The molecule has 2 saturated heterocycles. The molecule has 0 amide bonds. The van der Waals surface area contributed by atoms with E-state index in [4.69, 9.17) is 19.1 Å². The molecule has 1 aliphatic carbocycles. The number of carbonyl (C=O) groups is 1. The van der Waals surface area contributed by atoms with E-state index in [9.17, 15) is 21.6 Å². The molecule has 3 heterocycles. The number of halogens is 3. The van der Waals surface area contributed by atoms with E-state index < -0.39 is 22.2 Å². The fourth-order valence-corrected chi connectivity index (χ4v) is 5.71. The van der Waals surface area contributed by atoms with Crippen LogP contribution in [0.15, 0.2) is 16.5 Å². The van der Waals surface area contributed by atoms with Gasteiger partial charge in [0.25, 0.3) is 0 Å². The smallest absolute Gasteiger partial charge is 0.475 e. The SMILES string of the molecule is Cc1ccc(CN2CC[C@@H]3CN(S(=O)(=O)C4CC4)CCO[C@@H]3C2)o1.O=C(O)C(F)(F)F. The Balaban J connectivity index is 0.000000339. The van der Waals surface area contributed by atoms with E-state index >= 15 is 0 Å². The van der Waals surface area contributed by atoms with Crippen LogP contribution < -0.4 is 0 Å². The van der Waals surface area contributed by atoms with Crippen LogP contribution in [-0.2, 0) is 26.1 Å². The zero-order valence-electron chi connectivity index (χ0n) is 17.2. The predicted molar refractivity (Wildman–Crippen MR) is 104 cm³/mol. The zero-order chi connectivity index (χ0) is 22.8. The number of aliphatic carboxylic acids is 1. The van der Waals surface area contributed by atoms with Crippen LogP contribution in [0.25, 0.3) is 0 Å². The summed E-state index contributed by atoms with van der Waals surface area (Å²) in [5, 5.41) is 7.00. The first kappa shape index (κ1) is 24.0. The Hall–Kier alpha value is -1.63. The summed E-state index contributed by atoms with van der Waals surface area (Å²) in [6.45, 7) is 6.19. The van der Waals surface area contributed by atoms with Gasteiger partial charge in [-0.05, 0) is 44.9 Å². The molecular weight excluding hydrogens is 441 g/mol. The Kier molecular flexibility index (Phi) is 7.34. The van der Waals surface area contributed by atoms with E-state index in [2.05, 4.69) is 4.90 Å². The number of hydrogen-bond acceptors (Lipinski definition) is 6. The molecule has 1 saturated carbocycles. The van der Waals surface area contributed by atoms with Crippen molar-refractivity contribution in [3.8, 4) is 0 Å². The maximum Gasteiger partial charge on any atom is 0.490 e. The van der Waals surface area contributed by atoms with Crippen LogP contribution in [-0.4, -0.2) is 79.0 Å². The maximum absolute atomic E-state index is 12.5. The lowest BCUT2D eigenvalue weighted by Crippen LogP contribution is -2.47. The number of ether oxygens (including phenoxy) is 1. The second-order valence-corrected chi connectivity index (χ2v) is 10.3. The Bertz CT molecular complexity index is 868. The molecule has 0 unspecified atom stereocenters. The second-order valence-electron chi connectivity index (χ2n) is 8.11. The van der Waals surface area contributed by atoms with Gasteiger partial charge in [0.05, 0.1) is 24.5 Å². The van der Waals surface area contributed by atoms with Gasteiger partial charge in [0.15, 0.2) is 0 Å². The maximum atomic E-state index is 12.5. The minimum Gasteiger partial charge on any atom is -0.475 e. The average Bonchev–Trinajstić information content (AvgIpc) is 3.48. The summed E-state index contributed by atoms with van der Waals surface area (Å²) in [6.07, 6.45) is -2.34. The number of piperidine rings is 1.